The first-order chi connectivity index (χ1) is 14.1. The predicted octanol–water partition coefficient (Wildman–Crippen LogP) is 0.294. The molecule has 172 valence electrons. The predicted molar refractivity (Wildman–Crippen MR) is 111 cm³/mol. The van der Waals surface area contributed by atoms with Crippen molar-refractivity contribution in [3.63, 3.8) is 0 Å². The molecule has 0 spiro atoms. The zero-order valence-corrected chi connectivity index (χ0v) is 18.9. The summed E-state index contributed by atoms with van der Waals surface area (Å²) in [6, 6.07) is -0.167. The Hall–Kier alpha value is -0.690. The molecule has 3 N–H and O–H groups in total. The Morgan fingerprint density at radius 1 is 1.13 bits per heavy atom. The summed E-state index contributed by atoms with van der Waals surface area (Å²) in [5.74, 6) is 0.902. The number of piperidine rings is 1. The maximum Gasteiger partial charge on any atom is 0.128 e. The van der Waals surface area contributed by atoms with E-state index in [9.17, 15) is 20.1 Å². The van der Waals surface area contributed by atoms with Crippen molar-refractivity contribution in [2.24, 2.45) is 23.7 Å². The second-order valence-corrected chi connectivity index (χ2v) is 11.4. The van der Waals surface area contributed by atoms with Crippen LogP contribution >= 0.6 is 0 Å². The van der Waals surface area contributed by atoms with Gasteiger partial charge in [-0.1, -0.05) is 0 Å². The molecule has 8 atom stereocenters. The van der Waals surface area contributed by atoms with Crippen LogP contribution in [-0.4, -0.2) is 58.7 Å². The van der Waals surface area contributed by atoms with E-state index in [0.29, 0.717) is 36.1 Å². The molecule has 2 heterocycles. The maximum absolute atomic E-state index is 12.2. The summed E-state index contributed by atoms with van der Waals surface area (Å²) < 4.78 is 6.43. The number of nitrogens with one attached hydrogen (secondary N) is 1. The van der Waals surface area contributed by atoms with Gasteiger partial charge in [0.25, 0.3) is 0 Å². The van der Waals surface area contributed by atoms with Crippen LogP contribution in [0.1, 0.15) is 78.6 Å². The fourth-order valence-corrected chi connectivity index (χ4v) is 7.12. The third-order valence-electron chi connectivity index (χ3n) is 8.90. The van der Waals surface area contributed by atoms with Crippen LogP contribution in [0.15, 0.2) is 0 Å². The van der Waals surface area contributed by atoms with Crippen molar-refractivity contribution in [2.75, 3.05) is 6.54 Å². The number of hydrogen-bond donors (Lipinski definition) is 3. The molecule has 0 radical (unpaired) electrons. The Labute approximate surface area is 181 Å². The fraction of sp³-hybridized carbons (Fsp3) is 0.958. The van der Waals surface area contributed by atoms with Crippen molar-refractivity contribution < 1.29 is 29.8 Å². The van der Waals surface area contributed by atoms with Gasteiger partial charge in [-0.25, -0.2) is 0 Å². The zero-order valence-electron chi connectivity index (χ0n) is 18.9. The normalized spacial score (nSPS) is 45.4. The molecule has 0 aromatic carbocycles. The van der Waals surface area contributed by atoms with Crippen LogP contribution in [-0.2, 0) is 9.53 Å². The van der Waals surface area contributed by atoms with E-state index in [0.717, 1.165) is 51.5 Å². The van der Waals surface area contributed by atoms with E-state index in [2.05, 4.69) is 6.92 Å². The number of hydrogen-bond acceptors (Lipinski definition) is 5. The van der Waals surface area contributed by atoms with Gasteiger partial charge in [-0.3, -0.25) is 0 Å². The average Bonchev–Trinajstić information content (AvgIpc) is 3.12. The number of rotatable bonds is 5. The lowest BCUT2D eigenvalue weighted by atomic mass is 9.67. The minimum Gasteiger partial charge on any atom is -0.544 e. The summed E-state index contributed by atoms with van der Waals surface area (Å²) in [7, 11) is 0. The lowest BCUT2D eigenvalue weighted by Gasteiger charge is -2.49. The van der Waals surface area contributed by atoms with Gasteiger partial charge in [0.05, 0.1) is 42.5 Å². The summed E-state index contributed by atoms with van der Waals surface area (Å²) in [6.07, 6.45) is 8.19. The molecule has 6 unspecified atom stereocenters. The Balaban J connectivity index is 1.47. The molecule has 0 aromatic rings. The van der Waals surface area contributed by atoms with Crippen LogP contribution in [0.5, 0.6) is 0 Å². The molecule has 6 heteroatoms. The van der Waals surface area contributed by atoms with Crippen LogP contribution in [0.3, 0.4) is 0 Å². The van der Waals surface area contributed by atoms with Gasteiger partial charge < -0.3 is 29.8 Å². The summed E-state index contributed by atoms with van der Waals surface area (Å²) in [5.41, 5.74) is -0.833. The number of carbonyl (C=O) groups excluding carboxylic acids is 1. The SMILES string of the molecule is CC1CC2CCC3C[C@@H](C(C)(C)O)OC3C2C[NH+]1[C@@H](CC1CCC(O)CC1)C(=O)[O-]. The van der Waals surface area contributed by atoms with E-state index < -0.39 is 17.6 Å². The van der Waals surface area contributed by atoms with Crippen molar-refractivity contribution >= 4 is 5.97 Å². The van der Waals surface area contributed by atoms with Gasteiger partial charge in [0.15, 0.2) is 0 Å². The van der Waals surface area contributed by atoms with Crippen LogP contribution in [0.2, 0.25) is 0 Å². The number of fused-ring (bicyclic) bond motifs is 3. The first kappa shape index (κ1) is 22.5. The summed E-state index contributed by atoms with van der Waals surface area (Å²) in [6.45, 7) is 6.70. The van der Waals surface area contributed by atoms with Crippen LogP contribution < -0.4 is 10.0 Å². The van der Waals surface area contributed by atoms with Gasteiger partial charge in [0, 0.05) is 18.8 Å². The third kappa shape index (κ3) is 4.57. The highest BCUT2D eigenvalue weighted by Crippen LogP contribution is 2.47. The minimum absolute atomic E-state index is 0.125. The van der Waals surface area contributed by atoms with Gasteiger partial charge in [-0.15, -0.1) is 0 Å². The lowest BCUT2D eigenvalue weighted by Crippen LogP contribution is -3.22. The van der Waals surface area contributed by atoms with E-state index in [1.165, 1.54) is 11.3 Å². The third-order valence-corrected chi connectivity index (χ3v) is 8.90. The molecular formula is C24H41NO5. The van der Waals surface area contributed by atoms with Gasteiger partial charge in [0.1, 0.15) is 6.04 Å². The Morgan fingerprint density at radius 3 is 2.43 bits per heavy atom. The van der Waals surface area contributed by atoms with Crippen LogP contribution in [0.25, 0.3) is 0 Å². The molecule has 30 heavy (non-hydrogen) atoms. The molecule has 4 rings (SSSR count). The number of likely N-dealkylation sites (tertiary alicyclic amines) is 1. The number of carboxylic acids is 1. The number of carbonyl (C=O) groups is 1. The molecule has 0 amide bonds. The van der Waals surface area contributed by atoms with Crippen molar-refractivity contribution in [2.45, 2.75) is 115 Å². The van der Waals surface area contributed by atoms with E-state index in [1.54, 1.807) is 0 Å². The summed E-state index contributed by atoms with van der Waals surface area (Å²) in [5, 5.41) is 32.5. The van der Waals surface area contributed by atoms with Crippen LogP contribution in [0, 0.1) is 23.7 Å². The molecule has 0 aromatic heterocycles. The first-order valence-corrected chi connectivity index (χ1v) is 12.3. The molecule has 4 aliphatic rings. The first-order valence-electron chi connectivity index (χ1n) is 12.3. The number of carboxylic acid groups (broad SMARTS) is 1. The second-order valence-electron chi connectivity index (χ2n) is 11.4. The quantitative estimate of drug-likeness (QED) is 0.591. The van der Waals surface area contributed by atoms with E-state index in [4.69, 9.17) is 4.74 Å². The number of ether oxygens (including phenoxy) is 1. The van der Waals surface area contributed by atoms with Crippen molar-refractivity contribution in [3.8, 4) is 0 Å². The van der Waals surface area contributed by atoms with Crippen molar-refractivity contribution in [1.82, 2.24) is 0 Å². The van der Waals surface area contributed by atoms with Gasteiger partial charge in [-0.2, -0.15) is 0 Å². The number of aliphatic carboxylic acids is 1. The van der Waals surface area contributed by atoms with E-state index in [1.807, 2.05) is 13.8 Å². The Bertz CT molecular complexity index is 611. The van der Waals surface area contributed by atoms with Crippen molar-refractivity contribution in [1.29, 1.82) is 0 Å². The molecule has 2 saturated carbocycles. The monoisotopic (exact) mass is 423 g/mol. The van der Waals surface area contributed by atoms with Gasteiger partial charge >= 0.3 is 0 Å². The standard InChI is InChI=1S/C24H41NO5/c1-14-10-16-6-7-17-12-21(24(2,3)29)30-22(17)19(16)13-25(14)20(23(27)28)11-15-4-8-18(26)9-5-15/h14-22,26,29H,4-13H2,1-3H3,(H,27,28)/t14?,15?,16?,17?,18?,19?,20-,21-,22?/m0/s1. The molecule has 0 bridgehead atoms. The van der Waals surface area contributed by atoms with E-state index >= 15 is 0 Å². The molecule has 2 aliphatic carbocycles. The van der Waals surface area contributed by atoms with Gasteiger partial charge in [0.2, 0.25) is 0 Å². The van der Waals surface area contributed by atoms with E-state index in [-0.39, 0.29) is 18.3 Å². The smallest absolute Gasteiger partial charge is 0.128 e. The number of aliphatic hydroxyl groups is 2. The highest BCUT2D eigenvalue weighted by Gasteiger charge is 2.53. The topological polar surface area (TPSA) is 94.3 Å². The number of aliphatic hydroxyl groups excluding tert-OH is 1. The molecule has 2 saturated heterocycles. The summed E-state index contributed by atoms with van der Waals surface area (Å²) in [4.78, 5) is 13.4. The zero-order chi connectivity index (χ0) is 21.6. The molecule has 6 nitrogen and oxygen atoms in total. The highest BCUT2D eigenvalue weighted by molar-refractivity contribution is 5.69. The molecule has 2 aliphatic heterocycles. The Morgan fingerprint density at radius 2 is 1.80 bits per heavy atom. The minimum atomic E-state index is -0.921. The van der Waals surface area contributed by atoms with Crippen molar-refractivity contribution in [3.05, 3.63) is 0 Å². The summed E-state index contributed by atoms with van der Waals surface area (Å²) >= 11 is 0. The highest BCUT2D eigenvalue weighted by atomic mass is 16.5. The molecular weight excluding hydrogens is 382 g/mol. The lowest BCUT2D eigenvalue weighted by molar-refractivity contribution is -0.952. The molecule has 4 fully saturated rings. The Kier molecular flexibility index (Phi) is 6.51. The second kappa shape index (κ2) is 8.68. The van der Waals surface area contributed by atoms with Crippen LogP contribution in [0.4, 0.5) is 0 Å². The van der Waals surface area contributed by atoms with Gasteiger partial charge in [-0.05, 0) is 83.5 Å². The maximum atomic E-state index is 12.2. The average molecular weight is 424 g/mol. The largest absolute Gasteiger partial charge is 0.544 e. The fourth-order valence-electron chi connectivity index (χ4n) is 7.12. The number of quaternary nitrogens is 1.